The van der Waals surface area contributed by atoms with E-state index in [9.17, 15) is 4.79 Å². The molecule has 0 unspecified atom stereocenters. The van der Waals surface area contributed by atoms with Gasteiger partial charge in [-0.2, -0.15) is 4.98 Å². The Morgan fingerprint density at radius 2 is 2.14 bits per heavy atom. The van der Waals surface area contributed by atoms with Crippen molar-refractivity contribution in [2.24, 2.45) is 0 Å². The SMILES string of the molecule is CCOc1ncccc1-c1nc([C@@H]2CCCN2C(=O)c2ccccc2OC)no1. The average Bonchev–Trinajstić information content (AvgIpc) is 3.43. The van der Waals surface area contributed by atoms with Crippen LogP contribution in [0, 0.1) is 0 Å². The van der Waals surface area contributed by atoms with Gasteiger partial charge in [-0.1, -0.05) is 17.3 Å². The average molecular weight is 394 g/mol. The molecule has 0 radical (unpaired) electrons. The van der Waals surface area contributed by atoms with Crippen LogP contribution in [0.2, 0.25) is 0 Å². The molecule has 0 spiro atoms. The molecule has 0 aliphatic carbocycles. The van der Waals surface area contributed by atoms with Crippen molar-refractivity contribution >= 4 is 5.91 Å². The Balaban J connectivity index is 1.61. The number of hydrogen-bond acceptors (Lipinski definition) is 7. The number of para-hydroxylation sites is 1. The van der Waals surface area contributed by atoms with Gasteiger partial charge in [0.25, 0.3) is 11.8 Å². The molecule has 150 valence electrons. The van der Waals surface area contributed by atoms with E-state index in [4.69, 9.17) is 14.0 Å². The molecule has 0 N–H and O–H groups in total. The Labute approximate surface area is 168 Å². The van der Waals surface area contributed by atoms with Gasteiger partial charge in [-0.3, -0.25) is 4.79 Å². The zero-order valence-electron chi connectivity index (χ0n) is 16.4. The van der Waals surface area contributed by atoms with E-state index in [1.165, 1.54) is 0 Å². The fourth-order valence-electron chi connectivity index (χ4n) is 3.54. The molecule has 2 aromatic heterocycles. The molecule has 1 atom stereocenters. The van der Waals surface area contributed by atoms with Crippen molar-refractivity contribution in [3.8, 4) is 23.1 Å². The fraction of sp³-hybridized carbons (Fsp3) is 0.333. The smallest absolute Gasteiger partial charge is 0.263 e. The summed E-state index contributed by atoms with van der Waals surface area (Å²) in [5, 5.41) is 4.15. The maximum atomic E-state index is 13.2. The van der Waals surface area contributed by atoms with Gasteiger partial charge in [-0.15, -0.1) is 0 Å². The summed E-state index contributed by atoms with van der Waals surface area (Å²) in [6, 6.07) is 10.6. The van der Waals surface area contributed by atoms with E-state index in [-0.39, 0.29) is 11.9 Å². The summed E-state index contributed by atoms with van der Waals surface area (Å²) in [5.74, 6) is 1.69. The number of carbonyl (C=O) groups excluding carboxylic acids is 1. The largest absolute Gasteiger partial charge is 0.496 e. The number of carbonyl (C=O) groups is 1. The molecule has 0 bridgehead atoms. The fourth-order valence-corrected chi connectivity index (χ4v) is 3.54. The lowest BCUT2D eigenvalue weighted by Gasteiger charge is -2.23. The number of ether oxygens (including phenoxy) is 2. The third-order valence-corrected chi connectivity index (χ3v) is 4.87. The number of benzene rings is 1. The van der Waals surface area contributed by atoms with Crippen LogP contribution in [-0.4, -0.2) is 46.2 Å². The lowest BCUT2D eigenvalue weighted by atomic mass is 10.1. The van der Waals surface area contributed by atoms with Crippen LogP contribution in [0.15, 0.2) is 47.1 Å². The van der Waals surface area contributed by atoms with Crippen LogP contribution < -0.4 is 9.47 Å². The number of pyridine rings is 1. The highest BCUT2D eigenvalue weighted by atomic mass is 16.5. The van der Waals surface area contributed by atoms with E-state index in [1.54, 1.807) is 36.4 Å². The number of likely N-dealkylation sites (tertiary alicyclic amines) is 1. The Bertz CT molecular complexity index is 1000. The van der Waals surface area contributed by atoms with Crippen molar-refractivity contribution in [2.75, 3.05) is 20.3 Å². The first kappa shape index (κ1) is 18.9. The second kappa shape index (κ2) is 8.30. The molecule has 1 aliphatic rings. The van der Waals surface area contributed by atoms with Crippen molar-refractivity contribution in [1.82, 2.24) is 20.0 Å². The molecule has 29 heavy (non-hydrogen) atoms. The number of rotatable bonds is 6. The topological polar surface area (TPSA) is 90.6 Å². The first-order valence-electron chi connectivity index (χ1n) is 9.58. The first-order valence-corrected chi connectivity index (χ1v) is 9.58. The number of nitrogens with zero attached hydrogens (tertiary/aromatic N) is 4. The lowest BCUT2D eigenvalue weighted by molar-refractivity contribution is 0.0725. The quantitative estimate of drug-likeness (QED) is 0.632. The van der Waals surface area contributed by atoms with Gasteiger partial charge in [0.15, 0.2) is 5.82 Å². The van der Waals surface area contributed by atoms with Crippen LogP contribution in [0.1, 0.15) is 42.0 Å². The molecule has 1 aliphatic heterocycles. The Morgan fingerprint density at radius 3 is 2.97 bits per heavy atom. The van der Waals surface area contributed by atoms with E-state index in [0.29, 0.717) is 47.6 Å². The third kappa shape index (κ3) is 3.65. The Hall–Kier alpha value is -3.42. The molecule has 3 heterocycles. The van der Waals surface area contributed by atoms with Crippen molar-refractivity contribution in [3.05, 3.63) is 54.0 Å². The maximum absolute atomic E-state index is 13.2. The molecule has 1 saturated heterocycles. The molecule has 8 nitrogen and oxygen atoms in total. The van der Waals surface area contributed by atoms with E-state index in [1.807, 2.05) is 25.1 Å². The number of methoxy groups -OCH3 is 1. The van der Waals surface area contributed by atoms with Crippen LogP contribution in [0.25, 0.3) is 11.5 Å². The lowest BCUT2D eigenvalue weighted by Crippen LogP contribution is -2.31. The van der Waals surface area contributed by atoms with Crippen LogP contribution in [-0.2, 0) is 0 Å². The second-order valence-corrected chi connectivity index (χ2v) is 6.60. The summed E-state index contributed by atoms with van der Waals surface area (Å²) in [5.41, 5.74) is 1.16. The molecular formula is C21H22N4O4. The van der Waals surface area contributed by atoms with Gasteiger partial charge in [-0.05, 0) is 44.0 Å². The standard InChI is InChI=1S/C21H22N4O4/c1-3-28-19-15(9-6-12-22-19)20-23-18(24-29-20)16-10-7-13-25(16)21(26)14-8-4-5-11-17(14)27-2/h4-6,8-9,11-12,16H,3,7,10,13H2,1-2H3/t16-/m0/s1. The predicted octanol–water partition coefficient (Wildman–Crippen LogP) is 3.52. The predicted molar refractivity (Wildman–Crippen MR) is 105 cm³/mol. The van der Waals surface area contributed by atoms with Gasteiger partial charge in [0, 0.05) is 12.7 Å². The van der Waals surface area contributed by atoms with Gasteiger partial charge in [0.2, 0.25) is 5.88 Å². The number of hydrogen-bond donors (Lipinski definition) is 0. The zero-order valence-corrected chi connectivity index (χ0v) is 16.4. The molecule has 8 heteroatoms. The zero-order chi connectivity index (χ0) is 20.2. The molecule has 1 amide bonds. The minimum Gasteiger partial charge on any atom is -0.496 e. The molecule has 1 fully saturated rings. The van der Waals surface area contributed by atoms with E-state index < -0.39 is 0 Å². The Kier molecular flexibility index (Phi) is 5.41. The number of aromatic nitrogens is 3. The van der Waals surface area contributed by atoms with Crippen molar-refractivity contribution in [2.45, 2.75) is 25.8 Å². The minimum absolute atomic E-state index is 0.104. The first-order chi connectivity index (χ1) is 14.2. The highest BCUT2D eigenvalue weighted by Crippen LogP contribution is 2.35. The van der Waals surface area contributed by atoms with Crippen LogP contribution in [0.3, 0.4) is 0 Å². The van der Waals surface area contributed by atoms with Crippen molar-refractivity contribution in [3.63, 3.8) is 0 Å². The van der Waals surface area contributed by atoms with E-state index in [2.05, 4.69) is 15.1 Å². The van der Waals surface area contributed by atoms with Gasteiger partial charge in [0.1, 0.15) is 11.3 Å². The van der Waals surface area contributed by atoms with Crippen LogP contribution >= 0.6 is 0 Å². The van der Waals surface area contributed by atoms with Crippen molar-refractivity contribution < 1.29 is 18.8 Å². The monoisotopic (exact) mass is 394 g/mol. The normalized spacial score (nSPS) is 16.1. The van der Waals surface area contributed by atoms with Gasteiger partial charge in [-0.25, -0.2) is 4.98 Å². The third-order valence-electron chi connectivity index (χ3n) is 4.87. The maximum Gasteiger partial charge on any atom is 0.263 e. The summed E-state index contributed by atoms with van der Waals surface area (Å²) in [7, 11) is 1.56. The van der Waals surface area contributed by atoms with Gasteiger partial charge in [0.05, 0.1) is 25.3 Å². The molecule has 4 rings (SSSR count). The van der Waals surface area contributed by atoms with Crippen molar-refractivity contribution in [1.29, 1.82) is 0 Å². The van der Waals surface area contributed by atoms with Crippen LogP contribution in [0.4, 0.5) is 0 Å². The molecule has 3 aromatic rings. The highest BCUT2D eigenvalue weighted by Gasteiger charge is 2.35. The van der Waals surface area contributed by atoms with Crippen LogP contribution in [0.5, 0.6) is 11.6 Å². The summed E-state index contributed by atoms with van der Waals surface area (Å²) in [4.78, 5) is 23.7. The summed E-state index contributed by atoms with van der Waals surface area (Å²) in [6.07, 6.45) is 3.29. The Morgan fingerprint density at radius 1 is 1.28 bits per heavy atom. The van der Waals surface area contributed by atoms with E-state index >= 15 is 0 Å². The second-order valence-electron chi connectivity index (χ2n) is 6.60. The molecular weight excluding hydrogens is 372 g/mol. The van der Waals surface area contributed by atoms with Gasteiger partial charge < -0.3 is 18.9 Å². The highest BCUT2D eigenvalue weighted by molar-refractivity contribution is 5.97. The summed E-state index contributed by atoms with van der Waals surface area (Å²) >= 11 is 0. The minimum atomic E-state index is -0.253. The summed E-state index contributed by atoms with van der Waals surface area (Å²) < 4.78 is 16.4. The summed E-state index contributed by atoms with van der Waals surface area (Å²) in [6.45, 7) is 2.99. The van der Waals surface area contributed by atoms with E-state index in [0.717, 1.165) is 12.8 Å². The molecule has 0 saturated carbocycles. The van der Waals surface area contributed by atoms with Gasteiger partial charge >= 0.3 is 0 Å². The number of amides is 1. The molecule has 1 aromatic carbocycles.